The number of nitrogens with zero attached hydrogens (tertiary/aromatic N) is 1. The van der Waals surface area contributed by atoms with E-state index in [2.05, 4.69) is 14.5 Å². The van der Waals surface area contributed by atoms with Crippen molar-refractivity contribution in [3.8, 4) is 5.88 Å². The molecule has 0 aliphatic rings. The molecule has 1 rings (SSSR count). The molecule has 0 aromatic carbocycles. The van der Waals surface area contributed by atoms with Crippen LogP contribution in [0, 0.1) is 0 Å². The van der Waals surface area contributed by atoms with Crippen molar-refractivity contribution in [2.75, 3.05) is 13.7 Å². The molecule has 1 aromatic rings. The standard InChI is InChI=1S/C10H10F3NO4/c1-17-9(16)6-3-2-4-8(14-6)18-5-7(15)10(11,12)13/h2-4,7,15H,5H2,1H3. The zero-order valence-electron chi connectivity index (χ0n) is 9.27. The van der Waals surface area contributed by atoms with Crippen LogP contribution in [0.3, 0.4) is 0 Å². The number of aliphatic hydroxyl groups is 1. The first-order valence-electron chi connectivity index (χ1n) is 4.77. The summed E-state index contributed by atoms with van der Waals surface area (Å²) in [6.07, 6.45) is -7.37. The molecule has 0 aliphatic carbocycles. The van der Waals surface area contributed by atoms with Gasteiger partial charge in [0.25, 0.3) is 0 Å². The summed E-state index contributed by atoms with van der Waals surface area (Å²) in [5.74, 6) is -0.946. The quantitative estimate of drug-likeness (QED) is 0.828. The maximum atomic E-state index is 12.0. The summed E-state index contributed by atoms with van der Waals surface area (Å²) in [5, 5.41) is 8.70. The lowest BCUT2D eigenvalue weighted by Gasteiger charge is -2.14. The van der Waals surface area contributed by atoms with Crippen LogP contribution in [0.15, 0.2) is 18.2 Å². The number of carbonyl (C=O) groups excluding carboxylic acids is 1. The van der Waals surface area contributed by atoms with Gasteiger partial charge in [0, 0.05) is 6.07 Å². The van der Waals surface area contributed by atoms with E-state index < -0.39 is 24.9 Å². The second-order valence-electron chi connectivity index (χ2n) is 3.22. The first-order valence-corrected chi connectivity index (χ1v) is 4.77. The van der Waals surface area contributed by atoms with Gasteiger partial charge in [-0.25, -0.2) is 9.78 Å². The molecule has 1 atom stereocenters. The molecule has 0 radical (unpaired) electrons. The van der Waals surface area contributed by atoms with Crippen LogP contribution in [0.4, 0.5) is 13.2 Å². The lowest BCUT2D eigenvalue weighted by molar-refractivity contribution is -0.210. The van der Waals surface area contributed by atoms with Gasteiger partial charge in [-0.15, -0.1) is 0 Å². The van der Waals surface area contributed by atoms with Gasteiger partial charge in [0.15, 0.2) is 11.8 Å². The summed E-state index contributed by atoms with van der Waals surface area (Å²) in [4.78, 5) is 14.7. The van der Waals surface area contributed by atoms with Gasteiger partial charge in [-0.05, 0) is 6.07 Å². The van der Waals surface area contributed by atoms with Crippen molar-refractivity contribution < 1.29 is 32.5 Å². The maximum absolute atomic E-state index is 12.0. The minimum atomic E-state index is -4.76. The minimum absolute atomic E-state index is 0.100. The van der Waals surface area contributed by atoms with Crippen molar-refractivity contribution in [2.24, 2.45) is 0 Å². The van der Waals surface area contributed by atoms with Gasteiger partial charge >= 0.3 is 12.1 Å². The van der Waals surface area contributed by atoms with E-state index in [-0.39, 0.29) is 11.6 Å². The molecule has 0 saturated carbocycles. The van der Waals surface area contributed by atoms with Gasteiger partial charge in [0.1, 0.15) is 6.61 Å². The highest BCUT2D eigenvalue weighted by molar-refractivity contribution is 5.87. The molecule has 1 N–H and O–H groups in total. The fraction of sp³-hybridized carbons (Fsp3) is 0.400. The largest absolute Gasteiger partial charge is 0.475 e. The monoisotopic (exact) mass is 265 g/mol. The minimum Gasteiger partial charge on any atom is -0.475 e. The SMILES string of the molecule is COC(=O)c1cccc(OCC(O)C(F)(F)F)n1. The van der Waals surface area contributed by atoms with Gasteiger partial charge in [-0.1, -0.05) is 6.07 Å². The second-order valence-corrected chi connectivity index (χ2v) is 3.22. The van der Waals surface area contributed by atoms with Gasteiger partial charge in [-0.2, -0.15) is 13.2 Å². The fourth-order valence-electron chi connectivity index (χ4n) is 0.972. The Labute approximate surface area is 100 Å². The number of rotatable bonds is 4. The average Bonchev–Trinajstić information content (AvgIpc) is 2.34. The smallest absolute Gasteiger partial charge is 0.417 e. The average molecular weight is 265 g/mol. The van der Waals surface area contributed by atoms with Crippen molar-refractivity contribution in [1.29, 1.82) is 0 Å². The third-order valence-corrected chi connectivity index (χ3v) is 1.88. The maximum Gasteiger partial charge on any atom is 0.417 e. The van der Waals surface area contributed by atoms with Crippen LogP contribution in [0.1, 0.15) is 10.5 Å². The Balaban J connectivity index is 2.66. The number of pyridine rings is 1. The summed E-state index contributed by atoms with van der Waals surface area (Å²) in [7, 11) is 1.14. The van der Waals surface area contributed by atoms with Gasteiger partial charge in [0.2, 0.25) is 5.88 Å². The molecule has 0 aliphatic heterocycles. The Morgan fingerprint density at radius 3 is 2.72 bits per heavy atom. The van der Waals surface area contributed by atoms with Crippen LogP contribution in [-0.4, -0.2) is 42.1 Å². The molecule has 1 heterocycles. The summed E-state index contributed by atoms with van der Waals surface area (Å²) in [5.41, 5.74) is -0.100. The van der Waals surface area contributed by atoms with Crippen LogP contribution in [0.25, 0.3) is 0 Å². The molecule has 100 valence electrons. The predicted octanol–water partition coefficient (Wildman–Crippen LogP) is 1.17. The molecule has 5 nitrogen and oxygen atoms in total. The van der Waals surface area contributed by atoms with Crippen LogP contribution in [0.2, 0.25) is 0 Å². The zero-order chi connectivity index (χ0) is 13.8. The fourth-order valence-corrected chi connectivity index (χ4v) is 0.972. The van der Waals surface area contributed by atoms with Crippen molar-refractivity contribution in [1.82, 2.24) is 4.98 Å². The lowest BCUT2D eigenvalue weighted by Crippen LogP contribution is -2.34. The van der Waals surface area contributed by atoms with E-state index in [4.69, 9.17) is 5.11 Å². The number of ether oxygens (including phenoxy) is 2. The Kier molecular flexibility index (Phi) is 4.49. The summed E-state index contributed by atoms with van der Waals surface area (Å²) in [6.45, 7) is -0.999. The van der Waals surface area contributed by atoms with Gasteiger partial charge in [0.05, 0.1) is 7.11 Å². The highest BCUT2D eigenvalue weighted by Crippen LogP contribution is 2.20. The van der Waals surface area contributed by atoms with E-state index in [1.54, 1.807) is 0 Å². The topological polar surface area (TPSA) is 68.7 Å². The number of aliphatic hydroxyl groups excluding tert-OH is 1. The summed E-state index contributed by atoms with van der Waals surface area (Å²) >= 11 is 0. The van der Waals surface area contributed by atoms with Gasteiger partial charge in [-0.3, -0.25) is 0 Å². The van der Waals surface area contributed by atoms with E-state index in [1.165, 1.54) is 18.2 Å². The van der Waals surface area contributed by atoms with Crippen molar-refractivity contribution >= 4 is 5.97 Å². The van der Waals surface area contributed by atoms with Gasteiger partial charge < -0.3 is 14.6 Å². The van der Waals surface area contributed by atoms with Crippen LogP contribution in [-0.2, 0) is 4.74 Å². The Morgan fingerprint density at radius 1 is 1.50 bits per heavy atom. The molecule has 1 aromatic heterocycles. The van der Waals surface area contributed by atoms with E-state index in [0.29, 0.717) is 0 Å². The number of alkyl halides is 3. The first kappa shape index (κ1) is 14.2. The summed E-state index contributed by atoms with van der Waals surface area (Å²) < 4.78 is 45.0. The second kappa shape index (κ2) is 5.67. The lowest BCUT2D eigenvalue weighted by atomic mass is 10.3. The van der Waals surface area contributed by atoms with E-state index in [1.807, 2.05) is 0 Å². The van der Waals surface area contributed by atoms with Crippen molar-refractivity contribution in [3.05, 3.63) is 23.9 Å². The normalized spacial score (nSPS) is 12.9. The molecule has 0 amide bonds. The third-order valence-electron chi connectivity index (χ3n) is 1.88. The molecule has 0 bridgehead atoms. The molecular formula is C10H10F3NO4. The number of aromatic nitrogens is 1. The van der Waals surface area contributed by atoms with E-state index >= 15 is 0 Å². The van der Waals surface area contributed by atoms with E-state index in [0.717, 1.165) is 7.11 Å². The third kappa shape index (κ3) is 3.88. The number of methoxy groups -OCH3 is 1. The summed E-state index contributed by atoms with van der Waals surface area (Å²) in [6, 6.07) is 3.95. The van der Waals surface area contributed by atoms with Crippen LogP contribution >= 0.6 is 0 Å². The predicted molar refractivity (Wildman–Crippen MR) is 53.1 cm³/mol. The number of esters is 1. The molecule has 8 heteroatoms. The number of halogens is 3. The first-order chi connectivity index (χ1) is 8.34. The molecule has 18 heavy (non-hydrogen) atoms. The van der Waals surface area contributed by atoms with Crippen molar-refractivity contribution in [2.45, 2.75) is 12.3 Å². The van der Waals surface area contributed by atoms with E-state index in [9.17, 15) is 18.0 Å². The molecule has 0 fully saturated rings. The Morgan fingerprint density at radius 2 is 2.17 bits per heavy atom. The molecular weight excluding hydrogens is 255 g/mol. The highest BCUT2D eigenvalue weighted by Gasteiger charge is 2.38. The number of hydrogen-bond acceptors (Lipinski definition) is 5. The highest BCUT2D eigenvalue weighted by atomic mass is 19.4. The Hall–Kier alpha value is -1.83. The van der Waals surface area contributed by atoms with Crippen LogP contribution in [0.5, 0.6) is 5.88 Å². The Bertz CT molecular complexity index is 422. The van der Waals surface area contributed by atoms with Crippen LogP contribution < -0.4 is 4.74 Å². The molecule has 0 saturated heterocycles. The number of hydrogen-bond donors (Lipinski definition) is 1. The van der Waals surface area contributed by atoms with Crippen molar-refractivity contribution in [3.63, 3.8) is 0 Å². The zero-order valence-corrected chi connectivity index (χ0v) is 9.27. The molecule has 0 spiro atoms. The molecule has 1 unspecified atom stereocenters. The number of carbonyl (C=O) groups is 1.